The summed E-state index contributed by atoms with van der Waals surface area (Å²) in [4.78, 5) is 2.74. The Morgan fingerprint density at radius 3 is 2.85 bits per heavy atom. The second-order valence-electron chi connectivity index (χ2n) is 5.13. The Labute approximate surface area is 80.7 Å². The predicted molar refractivity (Wildman–Crippen MR) is 53.8 cm³/mol. The summed E-state index contributed by atoms with van der Waals surface area (Å²) < 4.78 is 0. The monoisotopic (exact) mass is 180 g/mol. The zero-order chi connectivity index (χ0) is 8.73. The lowest BCUT2D eigenvalue weighted by Crippen LogP contribution is -2.61. The van der Waals surface area contributed by atoms with E-state index in [2.05, 4.69) is 10.2 Å². The molecular formula is C11H20N2. The second-order valence-corrected chi connectivity index (χ2v) is 5.13. The summed E-state index contributed by atoms with van der Waals surface area (Å²) in [5.74, 6) is 0. The zero-order valence-corrected chi connectivity index (χ0v) is 8.39. The van der Waals surface area contributed by atoms with Crippen LogP contribution < -0.4 is 5.32 Å². The minimum absolute atomic E-state index is 0.542. The van der Waals surface area contributed by atoms with E-state index in [-0.39, 0.29) is 0 Å². The van der Waals surface area contributed by atoms with Gasteiger partial charge < -0.3 is 5.32 Å². The van der Waals surface area contributed by atoms with Crippen LogP contribution in [0.15, 0.2) is 0 Å². The van der Waals surface area contributed by atoms with E-state index in [0.29, 0.717) is 5.54 Å². The molecule has 2 nitrogen and oxygen atoms in total. The van der Waals surface area contributed by atoms with Gasteiger partial charge in [0, 0.05) is 24.7 Å². The molecule has 0 aromatic rings. The van der Waals surface area contributed by atoms with Gasteiger partial charge in [-0.2, -0.15) is 0 Å². The molecule has 1 N–H and O–H groups in total. The van der Waals surface area contributed by atoms with Crippen molar-refractivity contribution in [1.29, 1.82) is 0 Å². The molecule has 1 aliphatic carbocycles. The first-order chi connectivity index (χ1) is 6.38. The van der Waals surface area contributed by atoms with Gasteiger partial charge in [-0.1, -0.05) is 12.8 Å². The highest BCUT2D eigenvalue weighted by Gasteiger charge is 2.42. The Morgan fingerprint density at radius 1 is 1.15 bits per heavy atom. The summed E-state index contributed by atoms with van der Waals surface area (Å²) >= 11 is 0. The Balaban J connectivity index is 1.73. The van der Waals surface area contributed by atoms with Crippen LogP contribution in [-0.2, 0) is 0 Å². The molecule has 74 valence electrons. The molecule has 0 aromatic heterocycles. The first kappa shape index (κ1) is 8.25. The average Bonchev–Trinajstić information content (AvgIpc) is 2.74. The molecule has 3 rings (SSSR count). The minimum Gasteiger partial charge on any atom is -0.308 e. The summed E-state index contributed by atoms with van der Waals surface area (Å²) in [6.07, 6.45) is 8.62. The van der Waals surface area contributed by atoms with Crippen LogP contribution in [0.4, 0.5) is 0 Å². The first-order valence-corrected chi connectivity index (χ1v) is 5.87. The lowest BCUT2D eigenvalue weighted by molar-refractivity contribution is 0.113. The largest absolute Gasteiger partial charge is 0.308 e. The quantitative estimate of drug-likeness (QED) is 0.605. The van der Waals surface area contributed by atoms with Crippen LogP contribution >= 0.6 is 0 Å². The van der Waals surface area contributed by atoms with Gasteiger partial charge in [0.05, 0.1) is 0 Å². The van der Waals surface area contributed by atoms with Crippen molar-refractivity contribution < 1.29 is 0 Å². The maximum Gasteiger partial charge on any atom is 0.0309 e. The summed E-state index contributed by atoms with van der Waals surface area (Å²) in [5.41, 5.74) is 0.542. The molecule has 1 saturated carbocycles. The number of rotatable bonds is 0. The van der Waals surface area contributed by atoms with E-state index in [9.17, 15) is 0 Å². The second kappa shape index (κ2) is 2.96. The smallest absolute Gasteiger partial charge is 0.0309 e. The highest BCUT2D eigenvalue weighted by molar-refractivity contribution is 5.02. The molecule has 0 bridgehead atoms. The van der Waals surface area contributed by atoms with E-state index in [4.69, 9.17) is 0 Å². The van der Waals surface area contributed by atoms with Crippen LogP contribution in [0, 0.1) is 0 Å². The number of nitrogens with one attached hydrogen (secondary N) is 1. The topological polar surface area (TPSA) is 15.3 Å². The maximum absolute atomic E-state index is 3.82. The van der Waals surface area contributed by atoms with Crippen molar-refractivity contribution >= 4 is 0 Å². The molecular weight excluding hydrogens is 160 g/mol. The van der Waals surface area contributed by atoms with Crippen LogP contribution in [0.2, 0.25) is 0 Å². The average molecular weight is 180 g/mol. The molecule has 2 aliphatic heterocycles. The van der Waals surface area contributed by atoms with E-state index in [1.807, 2.05) is 0 Å². The van der Waals surface area contributed by atoms with Gasteiger partial charge in [-0.3, -0.25) is 4.90 Å². The highest BCUT2D eigenvalue weighted by Crippen LogP contribution is 2.35. The molecule has 2 heterocycles. The number of hydrogen-bond acceptors (Lipinski definition) is 2. The Morgan fingerprint density at radius 2 is 2.00 bits per heavy atom. The van der Waals surface area contributed by atoms with Crippen molar-refractivity contribution in [2.24, 2.45) is 0 Å². The van der Waals surface area contributed by atoms with Gasteiger partial charge >= 0.3 is 0 Å². The molecule has 0 radical (unpaired) electrons. The first-order valence-electron chi connectivity index (χ1n) is 5.87. The van der Waals surface area contributed by atoms with Crippen molar-refractivity contribution in [2.75, 3.05) is 19.6 Å². The van der Waals surface area contributed by atoms with Gasteiger partial charge in [0.1, 0.15) is 0 Å². The van der Waals surface area contributed by atoms with Crippen molar-refractivity contribution in [3.63, 3.8) is 0 Å². The number of piperazine rings is 1. The maximum atomic E-state index is 3.82. The Bertz CT molecular complexity index is 196. The summed E-state index contributed by atoms with van der Waals surface area (Å²) in [6, 6.07) is 0.881. The molecule has 0 amide bonds. The van der Waals surface area contributed by atoms with Crippen LogP contribution in [0.25, 0.3) is 0 Å². The number of nitrogens with zero attached hydrogens (tertiary/aromatic N) is 1. The van der Waals surface area contributed by atoms with Gasteiger partial charge in [0.2, 0.25) is 0 Å². The molecule has 1 spiro atoms. The number of fused-ring (bicyclic) bond motifs is 1. The minimum atomic E-state index is 0.542. The molecule has 1 atom stereocenters. The van der Waals surface area contributed by atoms with E-state index in [0.717, 1.165) is 6.04 Å². The van der Waals surface area contributed by atoms with Gasteiger partial charge in [0.15, 0.2) is 0 Å². The van der Waals surface area contributed by atoms with Crippen LogP contribution in [0.3, 0.4) is 0 Å². The van der Waals surface area contributed by atoms with Crippen LogP contribution in [0.5, 0.6) is 0 Å². The molecule has 3 aliphatic rings. The third-order valence-corrected chi connectivity index (χ3v) is 4.28. The summed E-state index contributed by atoms with van der Waals surface area (Å²) in [7, 11) is 0. The highest BCUT2D eigenvalue weighted by atomic mass is 15.3. The fourth-order valence-electron chi connectivity index (χ4n) is 3.50. The van der Waals surface area contributed by atoms with E-state index >= 15 is 0 Å². The summed E-state index contributed by atoms with van der Waals surface area (Å²) in [6.45, 7) is 3.98. The third-order valence-electron chi connectivity index (χ3n) is 4.28. The van der Waals surface area contributed by atoms with Gasteiger partial charge in [-0.15, -0.1) is 0 Å². The Hall–Kier alpha value is -0.0800. The van der Waals surface area contributed by atoms with E-state index in [1.165, 1.54) is 58.2 Å². The molecule has 3 fully saturated rings. The van der Waals surface area contributed by atoms with E-state index < -0.39 is 0 Å². The standard InChI is InChI=1S/C11H20N2/c1-2-6-11(5-1)9-13-7-3-4-10(13)8-12-11/h10,12H,1-9H2. The lowest BCUT2D eigenvalue weighted by atomic mass is 9.93. The van der Waals surface area contributed by atoms with Gasteiger partial charge in [-0.25, -0.2) is 0 Å². The fraction of sp³-hybridized carbons (Fsp3) is 1.00. The normalized spacial score (nSPS) is 38.3. The molecule has 1 unspecified atom stereocenters. The number of hydrogen-bond donors (Lipinski definition) is 1. The van der Waals surface area contributed by atoms with Gasteiger partial charge in [-0.05, 0) is 32.2 Å². The van der Waals surface area contributed by atoms with E-state index in [1.54, 1.807) is 0 Å². The van der Waals surface area contributed by atoms with Crippen molar-refractivity contribution in [2.45, 2.75) is 50.1 Å². The molecule has 2 heteroatoms. The third kappa shape index (κ3) is 1.31. The Kier molecular flexibility index (Phi) is 1.88. The molecule has 13 heavy (non-hydrogen) atoms. The van der Waals surface area contributed by atoms with Crippen molar-refractivity contribution in [3.05, 3.63) is 0 Å². The SMILES string of the molecule is C1CC2CNC3(CCCC3)CN2C1. The summed E-state index contributed by atoms with van der Waals surface area (Å²) in [5, 5.41) is 3.82. The van der Waals surface area contributed by atoms with Crippen molar-refractivity contribution in [3.8, 4) is 0 Å². The zero-order valence-electron chi connectivity index (χ0n) is 8.39. The van der Waals surface area contributed by atoms with Gasteiger partial charge in [0.25, 0.3) is 0 Å². The van der Waals surface area contributed by atoms with Crippen molar-refractivity contribution in [1.82, 2.24) is 10.2 Å². The fourth-order valence-corrected chi connectivity index (χ4v) is 3.50. The van der Waals surface area contributed by atoms with Crippen LogP contribution in [-0.4, -0.2) is 36.1 Å². The molecule has 2 saturated heterocycles. The van der Waals surface area contributed by atoms with Crippen LogP contribution in [0.1, 0.15) is 38.5 Å². The molecule has 0 aromatic carbocycles. The lowest BCUT2D eigenvalue weighted by Gasteiger charge is -2.43. The predicted octanol–water partition coefficient (Wildman–Crippen LogP) is 1.37.